The molecule has 2 unspecified atom stereocenters. The molecule has 2 rings (SSSR count). The molecule has 0 amide bonds. The topological polar surface area (TPSA) is 3.24 Å². The fourth-order valence-corrected chi connectivity index (χ4v) is 3.00. The van der Waals surface area contributed by atoms with Crippen molar-refractivity contribution in [3.8, 4) is 0 Å². The Balaban J connectivity index is 2.24. The van der Waals surface area contributed by atoms with Crippen molar-refractivity contribution in [3.63, 3.8) is 0 Å². The predicted octanol–water partition coefficient (Wildman–Crippen LogP) is 4.67. The van der Waals surface area contributed by atoms with Gasteiger partial charge in [0, 0.05) is 29.1 Å². The van der Waals surface area contributed by atoms with Crippen LogP contribution in [0.3, 0.4) is 0 Å². The van der Waals surface area contributed by atoms with Crippen LogP contribution in [0.1, 0.15) is 25.8 Å². The summed E-state index contributed by atoms with van der Waals surface area (Å²) in [5.74, 6) is 2.17. The van der Waals surface area contributed by atoms with E-state index < -0.39 is 0 Å². The molecule has 1 fully saturated rings. The van der Waals surface area contributed by atoms with Crippen LogP contribution in [0.15, 0.2) is 22.7 Å². The second kappa shape index (κ2) is 5.62. The number of hydrogen-bond acceptors (Lipinski definition) is 1. The lowest BCUT2D eigenvalue weighted by Gasteiger charge is -2.37. The maximum absolute atomic E-state index is 6.03. The molecule has 3 heteroatoms. The zero-order valence-corrected chi connectivity index (χ0v) is 12.8. The van der Waals surface area contributed by atoms with Crippen molar-refractivity contribution in [2.24, 2.45) is 11.8 Å². The van der Waals surface area contributed by atoms with Gasteiger partial charge in [-0.2, -0.15) is 0 Å². The third-order valence-electron chi connectivity index (χ3n) is 3.87. The third-order valence-corrected chi connectivity index (χ3v) is 4.65. The van der Waals surface area contributed by atoms with E-state index in [1.54, 1.807) is 0 Å². The Kier molecular flexibility index (Phi) is 4.37. The van der Waals surface area contributed by atoms with Gasteiger partial charge >= 0.3 is 0 Å². The highest BCUT2D eigenvalue weighted by atomic mass is 79.9. The van der Waals surface area contributed by atoms with Crippen molar-refractivity contribution in [1.29, 1.82) is 0 Å². The molecule has 0 aliphatic carbocycles. The zero-order chi connectivity index (χ0) is 12.4. The normalized spacial score (nSPS) is 25.1. The first kappa shape index (κ1) is 13.2. The summed E-state index contributed by atoms with van der Waals surface area (Å²) in [5, 5.41) is 0. The first-order chi connectivity index (χ1) is 8.11. The average Bonchev–Trinajstić information content (AvgIpc) is 2.32. The average molecular weight is 317 g/mol. The summed E-state index contributed by atoms with van der Waals surface area (Å²) in [6.07, 6.45) is 1.27. The summed E-state index contributed by atoms with van der Waals surface area (Å²) < 4.78 is 1.13. The van der Waals surface area contributed by atoms with Crippen LogP contribution in [0, 0.1) is 11.8 Å². The van der Waals surface area contributed by atoms with E-state index in [0.717, 1.165) is 29.4 Å². The second-order valence-electron chi connectivity index (χ2n) is 5.10. The maximum Gasteiger partial charge on any atom is 0.0494 e. The molecule has 1 nitrogen and oxygen atoms in total. The highest BCUT2D eigenvalue weighted by Gasteiger charge is 2.24. The number of anilines is 1. The van der Waals surface area contributed by atoms with E-state index >= 15 is 0 Å². The van der Waals surface area contributed by atoms with Crippen LogP contribution in [0.4, 0.5) is 5.69 Å². The summed E-state index contributed by atoms with van der Waals surface area (Å²) in [4.78, 5) is 2.48. The van der Waals surface area contributed by atoms with Gasteiger partial charge in [0.2, 0.25) is 0 Å². The molecule has 17 heavy (non-hydrogen) atoms. The van der Waals surface area contributed by atoms with Crippen LogP contribution < -0.4 is 4.90 Å². The lowest BCUT2D eigenvalue weighted by molar-refractivity contribution is 0.323. The Bertz CT molecular complexity index is 394. The molecule has 0 radical (unpaired) electrons. The Labute approximate surface area is 117 Å². The van der Waals surface area contributed by atoms with Crippen LogP contribution in [0.5, 0.6) is 0 Å². The van der Waals surface area contributed by atoms with Crippen molar-refractivity contribution in [2.75, 3.05) is 18.0 Å². The molecule has 94 valence electrons. The molecular formula is C14H19BrClN. The van der Waals surface area contributed by atoms with E-state index in [1.807, 2.05) is 0 Å². The van der Waals surface area contributed by atoms with Gasteiger partial charge in [-0.1, -0.05) is 35.8 Å². The van der Waals surface area contributed by atoms with E-state index in [-0.39, 0.29) is 0 Å². The van der Waals surface area contributed by atoms with E-state index in [9.17, 15) is 0 Å². The maximum atomic E-state index is 6.03. The van der Waals surface area contributed by atoms with E-state index in [1.165, 1.54) is 17.7 Å². The van der Waals surface area contributed by atoms with Gasteiger partial charge in [0.1, 0.15) is 0 Å². The minimum Gasteiger partial charge on any atom is -0.371 e. The zero-order valence-electron chi connectivity index (χ0n) is 10.4. The lowest BCUT2D eigenvalue weighted by Crippen LogP contribution is -2.38. The van der Waals surface area contributed by atoms with E-state index in [2.05, 4.69) is 52.9 Å². The van der Waals surface area contributed by atoms with Gasteiger partial charge in [-0.3, -0.25) is 0 Å². The molecule has 1 saturated heterocycles. The summed E-state index contributed by atoms with van der Waals surface area (Å²) >= 11 is 9.58. The third kappa shape index (κ3) is 2.97. The minimum absolute atomic E-state index is 0.586. The van der Waals surface area contributed by atoms with Crippen molar-refractivity contribution in [3.05, 3.63) is 28.2 Å². The molecule has 1 aromatic carbocycles. The van der Waals surface area contributed by atoms with Crippen molar-refractivity contribution >= 4 is 33.2 Å². The molecule has 0 N–H and O–H groups in total. The van der Waals surface area contributed by atoms with Gasteiger partial charge in [-0.05, 0) is 36.0 Å². The standard InChI is InChI=1S/C14H19BrClN/c1-10-5-6-17(9-11(10)2)14-7-13(15)4-3-12(14)8-16/h3-4,7,10-11H,5-6,8-9H2,1-2H3. The lowest BCUT2D eigenvalue weighted by atomic mass is 9.88. The van der Waals surface area contributed by atoms with Gasteiger partial charge in [0.25, 0.3) is 0 Å². The molecule has 1 aliphatic rings. The smallest absolute Gasteiger partial charge is 0.0494 e. The SMILES string of the molecule is CC1CCN(c2cc(Br)ccc2CCl)CC1C. The van der Waals surface area contributed by atoms with Gasteiger partial charge in [-0.15, -0.1) is 11.6 Å². The molecule has 1 aromatic rings. The summed E-state index contributed by atoms with van der Waals surface area (Å²) in [6, 6.07) is 6.38. The fourth-order valence-electron chi connectivity index (χ4n) is 2.43. The van der Waals surface area contributed by atoms with Crippen LogP contribution >= 0.6 is 27.5 Å². The largest absolute Gasteiger partial charge is 0.371 e. The molecule has 2 atom stereocenters. The van der Waals surface area contributed by atoms with Crippen LogP contribution in [-0.4, -0.2) is 13.1 Å². The molecule has 1 aliphatic heterocycles. The molecule has 0 aromatic heterocycles. The summed E-state index contributed by atoms with van der Waals surface area (Å²) in [5.41, 5.74) is 2.53. The van der Waals surface area contributed by atoms with Crippen LogP contribution in [-0.2, 0) is 5.88 Å². The highest BCUT2D eigenvalue weighted by molar-refractivity contribution is 9.10. The predicted molar refractivity (Wildman–Crippen MR) is 78.9 cm³/mol. The first-order valence-corrected chi connectivity index (χ1v) is 7.54. The van der Waals surface area contributed by atoms with Gasteiger partial charge in [0.05, 0.1) is 0 Å². The summed E-state index contributed by atoms with van der Waals surface area (Å²) in [7, 11) is 0. The molecular weight excluding hydrogens is 298 g/mol. The van der Waals surface area contributed by atoms with Crippen LogP contribution in [0.2, 0.25) is 0 Å². The van der Waals surface area contributed by atoms with Gasteiger partial charge < -0.3 is 4.90 Å². The fraction of sp³-hybridized carbons (Fsp3) is 0.571. The second-order valence-corrected chi connectivity index (χ2v) is 6.28. The molecule has 0 saturated carbocycles. The summed E-state index contributed by atoms with van der Waals surface area (Å²) in [6.45, 7) is 6.98. The van der Waals surface area contributed by atoms with E-state index in [4.69, 9.17) is 11.6 Å². The number of piperidine rings is 1. The number of nitrogens with zero attached hydrogens (tertiary/aromatic N) is 1. The molecule has 0 bridgehead atoms. The van der Waals surface area contributed by atoms with Crippen LogP contribution in [0.25, 0.3) is 0 Å². The minimum atomic E-state index is 0.586. The Morgan fingerprint density at radius 2 is 2.12 bits per heavy atom. The van der Waals surface area contributed by atoms with Crippen molar-refractivity contribution in [2.45, 2.75) is 26.1 Å². The Hall–Kier alpha value is -0.210. The Morgan fingerprint density at radius 1 is 1.35 bits per heavy atom. The quantitative estimate of drug-likeness (QED) is 0.717. The molecule has 0 spiro atoms. The van der Waals surface area contributed by atoms with Crippen molar-refractivity contribution < 1.29 is 0 Å². The number of hydrogen-bond donors (Lipinski definition) is 0. The number of benzene rings is 1. The number of alkyl halides is 1. The number of rotatable bonds is 2. The van der Waals surface area contributed by atoms with E-state index in [0.29, 0.717) is 5.88 Å². The van der Waals surface area contributed by atoms with Gasteiger partial charge in [-0.25, -0.2) is 0 Å². The molecule has 1 heterocycles. The Morgan fingerprint density at radius 3 is 2.76 bits per heavy atom. The number of halogens is 2. The van der Waals surface area contributed by atoms with Gasteiger partial charge in [0.15, 0.2) is 0 Å². The monoisotopic (exact) mass is 315 g/mol. The van der Waals surface area contributed by atoms with Crippen molar-refractivity contribution in [1.82, 2.24) is 0 Å². The highest BCUT2D eigenvalue weighted by Crippen LogP contribution is 2.31. The first-order valence-electron chi connectivity index (χ1n) is 6.21.